The first-order valence-corrected chi connectivity index (χ1v) is 10.3. The van der Waals surface area contributed by atoms with E-state index in [0.717, 1.165) is 36.2 Å². The molecule has 0 saturated carbocycles. The predicted molar refractivity (Wildman–Crippen MR) is 110 cm³/mol. The third-order valence-electron chi connectivity index (χ3n) is 5.14. The molecule has 1 amide bonds. The number of rotatable bonds is 4. The maximum Gasteiger partial charge on any atom is 0.349 e. The van der Waals surface area contributed by atoms with Gasteiger partial charge in [0.05, 0.1) is 11.4 Å². The first kappa shape index (κ1) is 19.3. The Kier molecular flexibility index (Phi) is 5.19. The molecule has 0 unspecified atom stereocenters. The summed E-state index contributed by atoms with van der Waals surface area (Å²) in [6.07, 6.45) is 2.87. The molecule has 2 N–H and O–H groups in total. The molecule has 0 bridgehead atoms. The Morgan fingerprint density at radius 2 is 2.10 bits per heavy atom. The topological polar surface area (TPSA) is 101 Å². The smallest absolute Gasteiger partial charge is 0.349 e. The number of H-pyrrole nitrogens is 1. The summed E-state index contributed by atoms with van der Waals surface area (Å²) >= 11 is 1.10. The summed E-state index contributed by atoms with van der Waals surface area (Å²) in [5, 5.41) is 3.34. The van der Waals surface area contributed by atoms with E-state index in [-0.39, 0.29) is 24.1 Å². The lowest BCUT2D eigenvalue weighted by molar-refractivity contribution is -0.125. The zero-order chi connectivity index (χ0) is 20.5. The molecule has 7 nitrogen and oxygen atoms in total. The van der Waals surface area contributed by atoms with E-state index in [1.807, 2.05) is 18.2 Å². The van der Waals surface area contributed by atoms with Gasteiger partial charge in [0.1, 0.15) is 15.5 Å². The van der Waals surface area contributed by atoms with Gasteiger partial charge in [0.2, 0.25) is 0 Å². The predicted octanol–water partition coefficient (Wildman–Crippen LogP) is 2.95. The average molecular weight is 411 g/mol. The molecule has 1 aliphatic rings. The van der Waals surface area contributed by atoms with Crippen molar-refractivity contribution in [1.82, 2.24) is 15.3 Å². The number of carbonyl (C=O) groups excluding carboxylic acids is 2. The number of nitrogens with zero attached hydrogens (tertiary/aromatic N) is 1. The fraction of sp³-hybridized carbons (Fsp3) is 0.333. The molecule has 0 spiro atoms. The molecule has 4 rings (SSSR count). The molecule has 0 radical (unpaired) electrons. The summed E-state index contributed by atoms with van der Waals surface area (Å²) in [6.45, 7) is 3.00. The molecule has 1 aliphatic carbocycles. The van der Waals surface area contributed by atoms with Crippen LogP contribution in [0.1, 0.15) is 51.1 Å². The third kappa shape index (κ3) is 3.80. The van der Waals surface area contributed by atoms with Crippen LogP contribution in [-0.2, 0) is 16.0 Å². The van der Waals surface area contributed by atoms with Crippen LogP contribution < -0.4 is 10.9 Å². The number of aryl methyl sites for hydroxylation is 3. The second kappa shape index (κ2) is 7.79. The van der Waals surface area contributed by atoms with E-state index in [4.69, 9.17) is 4.74 Å². The van der Waals surface area contributed by atoms with Crippen molar-refractivity contribution in [2.75, 3.05) is 6.61 Å². The molecule has 2 heterocycles. The van der Waals surface area contributed by atoms with E-state index in [1.165, 1.54) is 5.56 Å². The lowest BCUT2D eigenvalue weighted by Gasteiger charge is -2.26. The molecule has 3 aromatic rings. The standard InChI is InChI=1S/C21H21N3O4S/c1-11-17-19(26)22-12(2)23-20(17)29-18(11)21(27)28-10-16(25)24-15-9-5-7-13-6-3-4-8-14(13)15/h3-4,6,8,15H,5,7,9-10H2,1-2H3,(H,24,25)(H,22,23,26)/t15-/m0/s1. The number of hydrogen-bond donors (Lipinski definition) is 2. The van der Waals surface area contributed by atoms with Crippen LogP contribution in [0.3, 0.4) is 0 Å². The van der Waals surface area contributed by atoms with Crippen molar-refractivity contribution >= 4 is 33.4 Å². The molecular weight excluding hydrogens is 390 g/mol. The van der Waals surface area contributed by atoms with Crippen LogP contribution in [0.2, 0.25) is 0 Å². The Bertz CT molecular complexity index is 1160. The molecule has 1 atom stereocenters. The van der Waals surface area contributed by atoms with Gasteiger partial charge in [-0.2, -0.15) is 0 Å². The highest BCUT2D eigenvalue weighted by molar-refractivity contribution is 7.20. The van der Waals surface area contributed by atoms with Crippen molar-refractivity contribution < 1.29 is 14.3 Å². The number of amides is 1. The van der Waals surface area contributed by atoms with E-state index in [9.17, 15) is 14.4 Å². The van der Waals surface area contributed by atoms with Crippen LogP contribution in [0.25, 0.3) is 10.2 Å². The Hall–Kier alpha value is -3.00. The number of fused-ring (bicyclic) bond motifs is 2. The van der Waals surface area contributed by atoms with Gasteiger partial charge >= 0.3 is 5.97 Å². The van der Waals surface area contributed by atoms with Crippen molar-refractivity contribution in [3.63, 3.8) is 0 Å². The van der Waals surface area contributed by atoms with Gasteiger partial charge in [0, 0.05) is 0 Å². The molecule has 2 aromatic heterocycles. The molecule has 8 heteroatoms. The van der Waals surface area contributed by atoms with E-state index >= 15 is 0 Å². The van der Waals surface area contributed by atoms with Crippen molar-refractivity contribution in [3.8, 4) is 0 Å². The fourth-order valence-corrected chi connectivity index (χ4v) is 4.90. The van der Waals surface area contributed by atoms with E-state index < -0.39 is 5.97 Å². The van der Waals surface area contributed by atoms with E-state index in [0.29, 0.717) is 26.5 Å². The highest BCUT2D eigenvalue weighted by Gasteiger charge is 2.23. The van der Waals surface area contributed by atoms with E-state index in [1.54, 1.807) is 13.8 Å². The second-order valence-corrected chi connectivity index (χ2v) is 8.17. The van der Waals surface area contributed by atoms with Crippen LogP contribution in [0, 0.1) is 13.8 Å². The number of thiophene rings is 1. The highest BCUT2D eigenvalue weighted by atomic mass is 32.1. The van der Waals surface area contributed by atoms with Crippen molar-refractivity contribution in [2.45, 2.75) is 39.2 Å². The SMILES string of the molecule is Cc1nc2sc(C(=O)OCC(=O)N[C@H]3CCCc4ccccc43)c(C)c2c(=O)[nH]1. The van der Waals surface area contributed by atoms with Crippen molar-refractivity contribution in [1.29, 1.82) is 0 Å². The van der Waals surface area contributed by atoms with Crippen molar-refractivity contribution in [2.24, 2.45) is 0 Å². The van der Waals surface area contributed by atoms with Gasteiger partial charge in [0.15, 0.2) is 6.61 Å². The lowest BCUT2D eigenvalue weighted by atomic mass is 9.88. The molecule has 150 valence electrons. The normalized spacial score (nSPS) is 15.7. The highest BCUT2D eigenvalue weighted by Crippen LogP contribution is 2.30. The Balaban J connectivity index is 1.43. The van der Waals surface area contributed by atoms with E-state index in [2.05, 4.69) is 21.4 Å². The van der Waals surface area contributed by atoms with Gasteiger partial charge in [-0.25, -0.2) is 9.78 Å². The Morgan fingerprint density at radius 1 is 1.31 bits per heavy atom. The van der Waals surface area contributed by atoms with Crippen LogP contribution in [0.5, 0.6) is 0 Å². The Labute approximate surface area is 171 Å². The number of hydrogen-bond acceptors (Lipinski definition) is 6. The summed E-state index contributed by atoms with van der Waals surface area (Å²) in [4.78, 5) is 44.7. The summed E-state index contributed by atoms with van der Waals surface area (Å²) in [5.74, 6) is -0.483. The lowest BCUT2D eigenvalue weighted by Crippen LogP contribution is -2.34. The molecule has 29 heavy (non-hydrogen) atoms. The average Bonchev–Trinajstić information content (AvgIpc) is 3.03. The fourth-order valence-electron chi connectivity index (χ4n) is 3.78. The van der Waals surface area contributed by atoms with Gasteiger partial charge < -0.3 is 15.0 Å². The number of carbonyl (C=O) groups is 2. The maximum atomic E-state index is 12.5. The van der Waals surface area contributed by atoms with Gasteiger partial charge in [-0.3, -0.25) is 9.59 Å². The summed E-state index contributed by atoms with van der Waals surface area (Å²) in [7, 11) is 0. The molecule has 0 saturated heterocycles. The molecule has 0 fully saturated rings. The number of nitrogens with one attached hydrogen (secondary N) is 2. The monoisotopic (exact) mass is 411 g/mol. The number of esters is 1. The third-order valence-corrected chi connectivity index (χ3v) is 6.31. The first-order valence-electron chi connectivity index (χ1n) is 9.48. The Morgan fingerprint density at radius 3 is 2.93 bits per heavy atom. The number of aromatic amines is 1. The first-order chi connectivity index (χ1) is 13.9. The number of benzene rings is 1. The summed E-state index contributed by atoms with van der Waals surface area (Å²) in [6, 6.07) is 8.00. The molecule has 0 aliphatic heterocycles. The van der Waals surface area contributed by atoms with Crippen molar-refractivity contribution in [3.05, 3.63) is 62.0 Å². The summed E-state index contributed by atoms with van der Waals surface area (Å²) in [5.41, 5.74) is 2.61. The number of aromatic nitrogens is 2. The quantitative estimate of drug-likeness (QED) is 0.643. The summed E-state index contributed by atoms with van der Waals surface area (Å²) < 4.78 is 5.22. The molecular formula is C21H21N3O4S. The minimum Gasteiger partial charge on any atom is -0.451 e. The zero-order valence-corrected chi connectivity index (χ0v) is 17.0. The van der Waals surface area contributed by atoms with Crippen LogP contribution in [-0.4, -0.2) is 28.5 Å². The second-order valence-electron chi connectivity index (χ2n) is 7.17. The molecule has 1 aromatic carbocycles. The van der Waals surface area contributed by atoms with Gasteiger partial charge in [-0.1, -0.05) is 24.3 Å². The maximum absolute atomic E-state index is 12.5. The van der Waals surface area contributed by atoms with Gasteiger partial charge in [-0.05, 0) is 49.8 Å². The minimum absolute atomic E-state index is 0.0667. The van der Waals surface area contributed by atoms with Gasteiger partial charge in [0.25, 0.3) is 11.5 Å². The van der Waals surface area contributed by atoms with Crippen LogP contribution in [0.15, 0.2) is 29.1 Å². The zero-order valence-electron chi connectivity index (χ0n) is 16.2. The largest absolute Gasteiger partial charge is 0.451 e. The van der Waals surface area contributed by atoms with Crippen LogP contribution in [0.4, 0.5) is 0 Å². The minimum atomic E-state index is -0.623. The van der Waals surface area contributed by atoms with Gasteiger partial charge in [-0.15, -0.1) is 11.3 Å². The number of ether oxygens (including phenoxy) is 1. The van der Waals surface area contributed by atoms with Crippen LogP contribution >= 0.6 is 11.3 Å².